The zero-order chi connectivity index (χ0) is 14.5. The lowest BCUT2D eigenvalue weighted by atomic mass is 9.86. The molecule has 2 rings (SSSR count). The number of aliphatic carboxylic acids is 1. The van der Waals surface area contributed by atoms with E-state index in [9.17, 15) is 4.79 Å². The lowest BCUT2D eigenvalue weighted by Crippen LogP contribution is -2.29. The molecule has 4 nitrogen and oxygen atoms in total. The number of anilines is 1. The molecule has 1 aromatic carbocycles. The second kappa shape index (κ2) is 6.55. The zero-order valence-corrected chi connectivity index (χ0v) is 11.9. The number of hydrogen-bond acceptors (Lipinski definition) is 3. The van der Waals surface area contributed by atoms with Crippen LogP contribution in [-0.2, 0) is 11.2 Å². The summed E-state index contributed by atoms with van der Waals surface area (Å²) in [5.74, 6) is -0.853. The Hall–Kier alpha value is -1.84. The highest BCUT2D eigenvalue weighted by molar-refractivity contribution is 5.86. The summed E-state index contributed by atoms with van der Waals surface area (Å²) in [6.45, 7) is 2.10. The van der Waals surface area contributed by atoms with Crippen molar-refractivity contribution in [3.63, 3.8) is 0 Å². The van der Waals surface area contributed by atoms with Crippen LogP contribution < -0.4 is 5.32 Å². The molecule has 1 aliphatic carbocycles. The van der Waals surface area contributed by atoms with E-state index in [0.29, 0.717) is 6.04 Å². The number of rotatable bonds is 5. The fourth-order valence-corrected chi connectivity index (χ4v) is 2.79. The number of carboxylic acids is 1. The number of carboxylic acid groups (broad SMARTS) is 1. The summed E-state index contributed by atoms with van der Waals surface area (Å²) in [6, 6.07) is 6.47. The van der Waals surface area contributed by atoms with Gasteiger partial charge in [-0.1, -0.05) is 13.0 Å². The lowest BCUT2D eigenvalue weighted by Gasteiger charge is -2.28. The maximum atomic E-state index is 10.9. The molecule has 4 heteroatoms. The Morgan fingerprint density at radius 2 is 2.10 bits per heavy atom. The molecule has 20 heavy (non-hydrogen) atoms. The molecule has 0 atom stereocenters. The topological polar surface area (TPSA) is 73.2 Å². The molecule has 1 aromatic rings. The van der Waals surface area contributed by atoms with E-state index in [1.165, 1.54) is 11.8 Å². The van der Waals surface area contributed by atoms with Gasteiger partial charge in [0.2, 0.25) is 0 Å². The lowest BCUT2D eigenvalue weighted by molar-refractivity contribution is -0.142. The molecular formula is C16H22N2O2. The number of aryl methyl sites for hydroxylation is 1. The first-order valence-electron chi connectivity index (χ1n) is 7.26. The zero-order valence-electron chi connectivity index (χ0n) is 11.9. The maximum absolute atomic E-state index is 10.9. The predicted molar refractivity (Wildman–Crippen MR) is 80.7 cm³/mol. The Morgan fingerprint density at radius 1 is 1.40 bits per heavy atom. The second-order valence-electron chi connectivity index (χ2n) is 5.45. The van der Waals surface area contributed by atoms with Gasteiger partial charge in [-0.2, -0.15) is 0 Å². The van der Waals surface area contributed by atoms with Crippen molar-refractivity contribution in [3.05, 3.63) is 29.3 Å². The van der Waals surface area contributed by atoms with Gasteiger partial charge in [0.15, 0.2) is 0 Å². The third-order valence-corrected chi connectivity index (χ3v) is 4.12. The van der Waals surface area contributed by atoms with Gasteiger partial charge in [-0.15, -0.1) is 0 Å². The molecule has 1 fully saturated rings. The van der Waals surface area contributed by atoms with Crippen LogP contribution in [0.3, 0.4) is 0 Å². The highest BCUT2D eigenvalue weighted by atomic mass is 16.4. The molecule has 108 valence electrons. The van der Waals surface area contributed by atoms with Crippen LogP contribution in [0.1, 0.15) is 43.7 Å². The molecule has 3 N–H and O–H groups in total. The Bertz CT molecular complexity index is 491. The summed E-state index contributed by atoms with van der Waals surface area (Å²) in [4.78, 5) is 10.9. The van der Waals surface area contributed by atoms with Gasteiger partial charge in [0, 0.05) is 23.5 Å². The van der Waals surface area contributed by atoms with Crippen molar-refractivity contribution in [1.82, 2.24) is 0 Å². The van der Waals surface area contributed by atoms with E-state index in [1.807, 2.05) is 12.1 Å². The van der Waals surface area contributed by atoms with Crippen molar-refractivity contribution in [3.8, 4) is 0 Å². The number of nitrogens with one attached hydrogen (secondary N) is 2. The van der Waals surface area contributed by atoms with Crippen molar-refractivity contribution in [2.75, 3.05) is 5.32 Å². The molecule has 0 amide bonds. The van der Waals surface area contributed by atoms with Crippen LogP contribution in [0, 0.1) is 11.3 Å². The molecule has 0 bridgehead atoms. The van der Waals surface area contributed by atoms with Crippen LogP contribution in [0.5, 0.6) is 0 Å². The average molecular weight is 274 g/mol. The summed E-state index contributed by atoms with van der Waals surface area (Å²) in [7, 11) is 0. The molecule has 0 saturated heterocycles. The third kappa shape index (κ3) is 3.38. The monoisotopic (exact) mass is 274 g/mol. The number of carbonyl (C=O) groups is 1. The second-order valence-corrected chi connectivity index (χ2v) is 5.45. The average Bonchev–Trinajstić information content (AvgIpc) is 2.48. The van der Waals surface area contributed by atoms with Gasteiger partial charge in [0.25, 0.3) is 0 Å². The van der Waals surface area contributed by atoms with E-state index in [-0.39, 0.29) is 5.92 Å². The molecule has 1 aliphatic rings. The molecule has 0 unspecified atom stereocenters. The van der Waals surface area contributed by atoms with Gasteiger partial charge >= 0.3 is 5.97 Å². The van der Waals surface area contributed by atoms with Crippen molar-refractivity contribution in [1.29, 1.82) is 5.41 Å². The maximum Gasteiger partial charge on any atom is 0.306 e. The van der Waals surface area contributed by atoms with E-state index in [0.717, 1.165) is 43.4 Å². The first-order chi connectivity index (χ1) is 9.63. The van der Waals surface area contributed by atoms with E-state index < -0.39 is 5.97 Å². The molecule has 0 spiro atoms. The van der Waals surface area contributed by atoms with Gasteiger partial charge in [-0.05, 0) is 49.8 Å². The molecule has 0 radical (unpaired) electrons. The van der Waals surface area contributed by atoms with Gasteiger partial charge < -0.3 is 15.8 Å². The highest BCUT2D eigenvalue weighted by Gasteiger charge is 2.25. The molecule has 0 heterocycles. The summed E-state index contributed by atoms with van der Waals surface area (Å²) in [5.41, 5.74) is 3.12. The molecule has 1 saturated carbocycles. The van der Waals surface area contributed by atoms with Gasteiger partial charge in [-0.25, -0.2) is 0 Å². The molecular weight excluding hydrogens is 252 g/mol. The number of hydrogen-bond donors (Lipinski definition) is 3. The quantitative estimate of drug-likeness (QED) is 0.721. The minimum Gasteiger partial charge on any atom is -0.481 e. The first-order valence-corrected chi connectivity index (χ1v) is 7.26. The molecule has 0 aromatic heterocycles. The molecule has 0 aliphatic heterocycles. The van der Waals surface area contributed by atoms with Crippen molar-refractivity contribution < 1.29 is 9.90 Å². The van der Waals surface area contributed by atoms with E-state index in [1.54, 1.807) is 0 Å². The minimum absolute atomic E-state index is 0.183. The Morgan fingerprint density at radius 3 is 2.65 bits per heavy atom. The highest BCUT2D eigenvalue weighted by Crippen LogP contribution is 2.28. The van der Waals surface area contributed by atoms with Gasteiger partial charge in [0.1, 0.15) is 0 Å². The fourth-order valence-electron chi connectivity index (χ4n) is 2.79. The summed E-state index contributed by atoms with van der Waals surface area (Å²) < 4.78 is 0. The van der Waals surface area contributed by atoms with Crippen LogP contribution >= 0.6 is 0 Å². The van der Waals surface area contributed by atoms with E-state index in [4.69, 9.17) is 10.5 Å². The van der Waals surface area contributed by atoms with Gasteiger partial charge in [0.05, 0.1) is 5.92 Å². The smallest absolute Gasteiger partial charge is 0.306 e. The standard InChI is InChI=1S/C16H22N2O2/c1-2-11-3-8-15(13(9-11)10-17)18-14-6-4-12(5-7-14)16(19)20/h3,8-10,12,14,17-18H,2,4-7H2,1H3,(H,19,20). The normalized spacial score (nSPS) is 22.2. The van der Waals surface area contributed by atoms with Crippen LogP contribution in [0.2, 0.25) is 0 Å². The van der Waals surface area contributed by atoms with Crippen LogP contribution in [-0.4, -0.2) is 23.3 Å². The largest absolute Gasteiger partial charge is 0.481 e. The Balaban J connectivity index is 2.00. The van der Waals surface area contributed by atoms with E-state index in [2.05, 4.69) is 18.3 Å². The Labute approximate surface area is 119 Å². The first kappa shape index (κ1) is 14.6. The minimum atomic E-state index is -0.670. The summed E-state index contributed by atoms with van der Waals surface area (Å²) in [6.07, 6.45) is 5.57. The predicted octanol–water partition coefficient (Wildman–Crippen LogP) is 3.30. The fraction of sp³-hybridized carbons (Fsp3) is 0.500. The van der Waals surface area contributed by atoms with Gasteiger partial charge in [-0.3, -0.25) is 4.79 Å². The third-order valence-electron chi connectivity index (χ3n) is 4.12. The van der Waals surface area contributed by atoms with Crippen molar-refractivity contribution >= 4 is 17.9 Å². The summed E-state index contributed by atoms with van der Waals surface area (Å²) >= 11 is 0. The SMILES string of the molecule is CCc1ccc(NC2CCC(C(=O)O)CC2)c(C=N)c1. The van der Waals surface area contributed by atoms with Crippen LogP contribution in [0.15, 0.2) is 18.2 Å². The van der Waals surface area contributed by atoms with Crippen LogP contribution in [0.4, 0.5) is 5.69 Å². The van der Waals surface area contributed by atoms with Crippen molar-refractivity contribution in [2.24, 2.45) is 5.92 Å². The number of benzene rings is 1. The Kier molecular flexibility index (Phi) is 4.77. The van der Waals surface area contributed by atoms with E-state index >= 15 is 0 Å². The van der Waals surface area contributed by atoms with Crippen molar-refractivity contribution in [2.45, 2.75) is 45.1 Å². The summed E-state index contributed by atoms with van der Waals surface area (Å²) in [5, 5.41) is 20.0. The van der Waals surface area contributed by atoms with Crippen LogP contribution in [0.25, 0.3) is 0 Å².